The summed E-state index contributed by atoms with van der Waals surface area (Å²) in [6, 6.07) is 11.3. The number of furan rings is 1. The lowest BCUT2D eigenvalue weighted by atomic mass is 10.1. The maximum atomic E-state index is 8.21. The molecule has 0 aliphatic rings. The van der Waals surface area contributed by atoms with Crippen LogP contribution in [0.1, 0.15) is 12.7 Å². The van der Waals surface area contributed by atoms with Crippen LogP contribution in [0.15, 0.2) is 77.1 Å². The number of nitrogens with zero attached hydrogens (tertiary/aromatic N) is 3. The molecule has 0 N–H and O–H groups in total. The zero-order valence-electron chi connectivity index (χ0n) is 18.8. The van der Waals surface area contributed by atoms with Crippen molar-refractivity contribution in [1.29, 1.82) is 0 Å². The van der Waals surface area contributed by atoms with Gasteiger partial charge in [0.25, 0.3) is 0 Å². The van der Waals surface area contributed by atoms with Gasteiger partial charge < -0.3 is 4.42 Å². The second kappa shape index (κ2) is 5.77. The van der Waals surface area contributed by atoms with Crippen LogP contribution < -0.4 is 0 Å². The minimum Gasteiger partial charge on any atom is -0.456 e. The second-order valence-electron chi connectivity index (χ2n) is 5.84. The minimum absolute atomic E-state index is 0.0386. The summed E-state index contributed by atoms with van der Waals surface area (Å²) in [5.74, 6) is 0.766. The first-order valence-electron chi connectivity index (χ1n) is 10.6. The predicted octanol–water partition coefficient (Wildman–Crippen LogP) is 5.41. The Hall–Kier alpha value is -3.53. The van der Waals surface area contributed by atoms with Crippen molar-refractivity contribution in [2.24, 2.45) is 0 Å². The SMILES string of the molecule is [2H]c1c([2H])c([2H])c(-c2nc(C)nc(-c3ccc4oc5ccccc5c4c3)n2)c([2H])c1[2H]. The molecule has 0 saturated carbocycles. The molecule has 0 radical (unpaired) electrons. The smallest absolute Gasteiger partial charge is 0.163 e. The summed E-state index contributed by atoms with van der Waals surface area (Å²) in [6.07, 6.45) is 0. The van der Waals surface area contributed by atoms with Crippen LogP contribution >= 0.6 is 0 Å². The van der Waals surface area contributed by atoms with Gasteiger partial charge >= 0.3 is 0 Å². The average molecular weight is 342 g/mol. The molecule has 4 heteroatoms. The fraction of sp³-hybridized carbons (Fsp3) is 0.0455. The van der Waals surface area contributed by atoms with E-state index in [1.807, 2.05) is 42.5 Å². The first-order valence-corrected chi connectivity index (χ1v) is 8.07. The summed E-state index contributed by atoms with van der Waals surface area (Å²) in [5, 5.41) is 1.88. The average Bonchev–Trinajstić information content (AvgIpc) is 3.14. The van der Waals surface area contributed by atoms with Gasteiger partial charge in [-0.1, -0.05) is 48.4 Å². The lowest BCUT2D eigenvalue weighted by molar-refractivity contribution is 0.669. The molecule has 0 fully saturated rings. The highest BCUT2D eigenvalue weighted by molar-refractivity contribution is 6.06. The third-order valence-corrected chi connectivity index (χ3v) is 4.11. The van der Waals surface area contributed by atoms with E-state index in [4.69, 9.17) is 11.3 Å². The van der Waals surface area contributed by atoms with Crippen molar-refractivity contribution < 1.29 is 11.3 Å². The van der Waals surface area contributed by atoms with E-state index in [1.54, 1.807) is 6.92 Å². The Kier molecular flexibility index (Phi) is 2.32. The van der Waals surface area contributed by atoms with Crippen LogP contribution in [-0.2, 0) is 0 Å². The summed E-state index contributed by atoms with van der Waals surface area (Å²) < 4.78 is 45.9. The van der Waals surface area contributed by atoms with Crippen molar-refractivity contribution in [3.8, 4) is 22.8 Å². The summed E-state index contributed by atoms with van der Waals surface area (Å²) >= 11 is 0. The molecule has 0 amide bonds. The van der Waals surface area contributed by atoms with Gasteiger partial charge in [-0.05, 0) is 31.2 Å². The number of rotatable bonds is 2. The van der Waals surface area contributed by atoms with Crippen molar-refractivity contribution >= 4 is 21.9 Å². The highest BCUT2D eigenvalue weighted by atomic mass is 16.3. The number of aryl methyl sites for hydroxylation is 1. The van der Waals surface area contributed by atoms with Crippen molar-refractivity contribution in [3.63, 3.8) is 0 Å². The minimum atomic E-state index is -0.456. The van der Waals surface area contributed by atoms with E-state index in [9.17, 15) is 0 Å². The molecule has 3 aromatic carbocycles. The maximum Gasteiger partial charge on any atom is 0.163 e. The summed E-state index contributed by atoms with van der Waals surface area (Å²) in [7, 11) is 0. The Balaban J connectivity index is 1.73. The Morgan fingerprint density at radius 1 is 0.769 bits per heavy atom. The van der Waals surface area contributed by atoms with E-state index in [0.29, 0.717) is 17.2 Å². The first-order chi connectivity index (χ1) is 14.8. The van der Waals surface area contributed by atoms with Crippen LogP contribution in [-0.4, -0.2) is 15.0 Å². The highest BCUT2D eigenvalue weighted by Gasteiger charge is 2.11. The molecule has 0 atom stereocenters. The fourth-order valence-corrected chi connectivity index (χ4v) is 2.95. The van der Waals surface area contributed by atoms with Gasteiger partial charge in [0.15, 0.2) is 11.6 Å². The molecule has 0 spiro atoms. The number of hydrogen-bond acceptors (Lipinski definition) is 4. The van der Waals surface area contributed by atoms with E-state index < -0.39 is 18.1 Å². The molecular formula is C22H15N3O. The second-order valence-corrected chi connectivity index (χ2v) is 5.84. The van der Waals surface area contributed by atoms with Crippen LogP contribution in [0.5, 0.6) is 0 Å². The molecule has 26 heavy (non-hydrogen) atoms. The van der Waals surface area contributed by atoms with Crippen molar-refractivity contribution in [2.75, 3.05) is 0 Å². The van der Waals surface area contributed by atoms with E-state index in [0.717, 1.165) is 21.9 Å². The van der Waals surface area contributed by atoms with Gasteiger partial charge in [0.05, 0.1) is 6.85 Å². The van der Waals surface area contributed by atoms with Gasteiger partial charge in [0, 0.05) is 21.9 Å². The number of fused-ring (bicyclic) bond motifs is 3. The number of aromatic nitrogens is 3. The molecule has 4 nitrogen and oxygen atoms in total. The van der Waals surface area contributed by atoms with E-state index in [1.165, 1.54) is 0 Å². The van der Waals surface area contributed by atoms with E-state index in [2.05, 4.69) is 15.0 Å². The molecule has 0 unspecified atom stereocenters. The molecule has 2 aromatic heterocycles. The maximum absolute atomic E-state index is 8.21. The number of benzene rings is 3. The predicted molar refractivity (Wildman–Crippen MR) is 103 cm³/mol. The van der Waals surface area contributed by atoms with Gasteiger partial charge in [0.1, 0.15) is 17.0 Å². The topological polar surface area (TPSA) is 51.8 Å². The summed E-state index contributed by atoms with van der Waals surface area (Å²) in [6.45, 7) is 1.68. The molecule has 0 saturated heterocycles. The monoisotopic (exact) mass is 342 g/mol. The lowest BCUT2D eigenvalue weighted by Gasteiger charge is -2.05. The highest BCUT2D eigenvalue weighted by Crippen LogP contribution is 2.31. The third-order valence-electron chi connectivity index (χ3n) is 4.11. The summed E-state index contributed by atoms with van der Waals surface area (Å²) in [5.41, 5.74) is 2.17. The van der Waals surface area contributed by atoms with Crippen LogP contribution in [0.4, 0.5) is 0 Å². The standard InChI is InChI=1S/C22H15N3O/c1-14-23-21(15-7-3-2-4-8-15)25-22(24-14)16-11-12-20-18(13-16)17-9-5-6-10-19(17)26-20/h2-13H,1H3/i2D,3D,4D,7D,8D. The van der Waals surface area contributed by atoms with Crippen LogP contribution in [0.2, 0.25) is 0 Å². The Morgan fingerprint density at radius 3 is 2.35 bits per heavy atom. The molecule has 124 valence electrons. The molecule has 5 aromatic rings. The normalized spacial score (nSPS) is 14.0. The van der Waals surface area contributed by atoms with Crippen molar-refractivity contribution in [1.82, 2.24) is 15.0 Å². The first kappa shape index (κ1) is 10.5. The molecule has 5 rings (SSSR count). The molecule has 0 aliphatic carbocycles. The largest absolute Gasteiger partial charge is 0.456 e. The molecular weight excluding hydrogens is 322 g/mol. The van der Waals surface area contributed by atoms with E-state index in [-0.39, 0.29) is 23.5 Å². The molecule has 0 bridgehead atoms. The van der Waals surface area contributed by atoms with Gasteiger partial charge in [-0.3, -0.25) is 0 Å². The molecule has 2 heterocycles. The van der Waals surface area contributed by atoms with Crippen LogP contribution in [0.3, 0.4) is 0 Å². The number of hydrogen-bond donors (Lipinski definition) is 0. The Labute approximate surface area is 157 Å². The molecule has 0 aliphatic heterocycles. The quantitative estimate of drug-likeness (QED) is 0.430. The van der Waals surface area contributed by atoms with Crippen LogP contribution in [0, 0.1) is 6.92 Å². The van der Waals surface area contributed by atoms with Gasteiger partial charge in [-0.15, -0.1) is 0 Å². The zero-order chi connectivity index (χ0) is 21.9. The fourth-order valence-electron chi connectivity index (χ4n) is 2.95. The van der Waals surface area contributed by atoms with Crippen molar-refractivity contribution in [3.05, 3.63) is 78.5 Å². The zero-order valence-corrected chi connectivity index (χ0v) is 13.8. The third kappa shape index (κ3) is 2.43. The Bertz CT molecular complexity index is 1480. The van der Waals surface area contributed by atoms with Gasteiger partial charge in [-0.2, -0.15) is 0 Å². The van der Waals surface area contributed by atoms with Gasteiger partial charge in [0.2, 0.25) is 0 Å². The summed E-state index contributed by atoms with van der Waals surface area (Å²) in [4.78, 5) is 13.1. The van der Waals surface area contributed by atoms with Crippen molar-refractivity contribution in [2.45, 2.75) is 6.92 Å². The van der Waals surface area contributed by atoms with Gasteiger partial charge in [-0.25, -0.2) is 15.0 Å². The van der Waals surface area contributed by atoms with E-state index >= 15 is 0 Å². The van der Waals surface area contributed by atoms with Crippen LogP contribution in [0.25, 0.3) is 44.7 Å². The lowest BCUT2D eigenvalue weighted by Crippen LogP contribution is -1.99. The Morgan fingerprint density at radius 2 is 1.50 bits per heavy atom. The number of para-hydroxylation sites is 1.